The van der Waals surface area contributed by atoms with E-state index in [2.05, 4.69) is 132 Å². The van der Waals surface area contributed by atoms with Crippen LogP contribution >= 0.6 is 38.6 Å². The highest BCUT2D eigenvalue weighted by atomic mass is 79.9. The van der Waals surface area contributed by atoms with Crippen LogP contribution in [0.15, 0.2) is 114 Å². The van der Waals surface area contributed by atoms with Crippen molar-refractivity contribution >= 4 is 100 Å². The van der Waals surface area contributed by atoms with Crippen LogP contribution in [0.1, 0.15) is 5.56 Å². The molecule has 0 radical (unpaired) electrons. The molecule has 0 atom stereocenters. The summed E-state index contributed by atoms with van der Waals surface area (Å²) in [7, 11) is 0. The van der Waals surface area contributed by atoms with E-state index < -0.39 is 0 Å². The second kappa shape index (κ2) is 8.70. The van der Waals surface area contributed by atoms with Crippen LogP contribution in [0.3, 0.4) is 0 Å². The normalized spacial score (nSPS) is 11.6. The molecule has 3 heteroatoms. The number of hydrogen-bond acceptors (Lipinski definition) is 2. The van der Waals surface area contributed by atoms with Crippen LogP contribution in [0.5, 0.6) is 0 Å². The summed E-state index contributed by atoms with van der Waals surface area (Å²) in [6, 6.07) is 39.6. The average molecular weight is 562 g/mol. The van der Waals surface area contributed by atoms with Crippen molar-refractivity contribution in [2.24, 2.45) is 0 Å². The Labute approximate surface area is 225 Å². The summed E-state index contributed by atoms with van der Waals surface area (Å²) in [5.41, 5.74) is 1.33. The third kappa shape index (κ3) is 3.79. The van der Waals surface area contributed by atoms with Crippen LogP contribution < -0.4 is 0 Å². The fourth-order valence-corrected chi connectivity index (χ4v) is 7.93. The smallest absolute Gasteiger partial charge is 0.0366 e. The molecule has 2 heterocycles. The van der Waals surface area contributed by atoms with Gasteiger partial charge in [0.2, 0.25) is 0 Å². The molecule has 0 N–H and O–H groups in total. The Morgan fingerprint density at radius 2 is 0.889 bits per heavy atom. The van der Waals surface area contributed by atoms with Gasteiger partial charge in [-0.2, -0.15) is 0 Å². The molecule has 172 valence electrons. The number of hydrogen-bond donors (Lipinski definition) is 0. The van der Waals surface area contributed by atoms with Crippen LogP contribution in [0.2, 0.25) is 0 Å². The molecule has 0 unspecified atom stereocenters. The van der Waals surface area contributed by atoms with Crippen molar-refractivity contribution in [2.45, 2.75) is 6.92 Å². The Morgan fingerprint density at radius 3 is 1.44 bits per heavy atom. The van der Waals surface area contributed by atoms with Crippen molar-refractivity contribution in [3.8, 4) is 0 Å². The monoisotopic (exact) mass is 560 g/mol. The Balaban J connectivity index is 0.000000122. The minimum atomic E-state index is 1.14. The molecule has 0 fully saturated rings. The highest BCUT2D eigenvalue weighted by Crippen LogP contribution is 2.38. The van der Waals surface area contributed by atoms with E-state index in [1.165, 1.54) is 67.5 Å². The zero-order chi connectivity index (χ0) is 24.2. The van der Waals surface area contributed by atoms with Gasteiger partial charge in [0.05, 0.1) is 0 Å². The minimum Gasteiger partial charge on any atom is -0.135 e. The lowest BCUT2D eigenvalue weighted by atomic mass is 10.1. The van der Waals surface area contributed by atoms with E-state index >= 15 is 0 Å². The van der Waals surface area contributed by atoms with Gasteiger partial charge in [0.15, 0.2) is 0 Å². The second-order valence-electron chi connectivity index (χ2n) is 9.24. The molecule has 0 bridgehead atoms. The predicted molar refractivity (Wildman–Crippen MR) is 166 cm³/mol. The van der Waals surface area contributed by atoms with Gasteiger partial charge < -0.3 is 0 Å². The van der Waals surface area contributed by atoms with Gasteiger partial charge in [0.1, 0.15) is 0 Å². The number of aryl methyl sites for hydroxylation is 1. The first-order valence-electron chi connectivity index (χ1n) is 11.9. The predicted octanol–water partition coefficient (Wildman–Crippen LogP) is 11.5. The zero-order valence-corrected chi connectivity index (χ0v) is 22.8. The quantitative estimate of drug-likeness (QED) is 0.173. The fourth-order valence-electron chi connectivity index (χ4n) is 5.01. The lowest BCUT2D eigenvalue weighted by Crippen LogP contribution is -1.72. The molecule has 0 amide bonds. The van der Waals surface area contributed by atoms with Crippen molar-refractivity contribution in [3.63, 3.8) is 0 Å². The van der Waals surface area contributed by atoms with E-state index in [0.717, 1.165) is 4.47 Å². The summed E-state index contributed by atoms with van der Waals surface area (Å²) in [5, 5.41) is 10.8. The van der Waals surface area contributed by atoms with Gasteiger partial charge in [-0.15, -0.1) is 22.7 Å². The largest absolute Gasteiger partial charge is 0.135 e. The van der Waals surface area contributed by atoms with Crippen molar-refractivity contribution < 1.29 is 0 Å². The van der Waals surface area contributed by atoms with E-state index in [1.807, 2.05) is 22.7 Å². The van der Waals surface area contributed by atoms with Crippen molar-refractivity contribution in [2.75, 3.05) is 0 Å². The standard InChI is InChI=1S/C17H12S.C16H9BrS/c1-11-6-7-14-15-9-12-4-2-3-5-13(12)10-17(15)18-16(14)8-11;17-12-5-6-13-14-7-10-3-1-2-4-11(10)8-15(14)18-16(13)9-12/h2-10H,1H3;1-9H. The average Bonchev–Trinajstić information content (AvgIpc) is 3.42. The highest BCUT2D eigenvalue weighted by Gasteiger charge is 2.07. The summed E-state index contributed by atoms with van der Waals surface area (Å²) < 4.78 is 6.62. The number of rotatable bonds is 0. The van der Waals surface area contributed by atoms with E-state index in [1.54, 1.807) is 0 Å². The van der Waals surface area contributed by atoms with E-state index in [4.69, 9.17) is 0 Å². The lowest BCUT2D eigenvalue weighted by Gasteiger charge is -1.98. The first kappa shape index (κ1) is 22.0. The first-order chi connectivity index (χ1) is 17.6. The van der Waals surface area contributed by atoms with Gasteiger partial charge >= 0.3 is 0 Å². The van der Waals surface area contributed by atoms with Crippen molar-refractivity contribution in [1.29, 1.82) is 0 Å². The maximum atomic E-state index is 3.54. The molecular formula is C33H21BrS2. The molecule has 0 spiro atoms. The molecular weight excluding hydrogens is 540 g/mol. The third-order valence-electron chi connectivity index (χ3n) is 6.80. The number of fused-ring (bicyclic) bond motifs is 8. The maximum absolute atomic E-state index is 3.54. The highest BCUT2D eigenvalue weighted by molar-refractivity contribution is 9.10. The van der Waals surface area contributed by atoms with Crippen LogP contribution in [-0.2, 0) is 0 Å². The molecule has 0 aliphatic carbocycles. The molecule has 0 aliphatic heterocycles. The van der Waals surface area contributed by atoms with Crippen molar-refractivity contribution in [1.82, 2.24) is 0 Å². The van der Waals surface area contributed by atoms with Crippen LogP contribution in [0, 0.1) is 6.92 Å². The molecule has 36 heavy (non-hydrogen) atoms. The van der Waals surface area contributed by atoms with Crippen LogP contribution in [-0.4, -0.2) is 0 Å². The molecule has 8 aromatic rings. The Hall–Kier alpha value is -3.24. The number of halogens is 1. The van der Waals surface area contributed by atoms with Gasteiger partial charge in [-0.1, -0.05) is 82.7 Å². The Morgan fingerprint density at radius 1 is 0.444 bits per heavy atom. The molecule has 0 aliphatic rings. The Kier molecular flexibility index (Phi) is 5.32. The van der Waals surface area contributed by atoms with Crippen molar-refractivity contribution in [3.05, 3.63) is 119 Å². The molecule has 2 aromatic heterocycles. The lowest BCUT2D eigenvalue weighted by molar-refractivity contribution is 1.52. The van der Waals surface area contributed by atoms with Crippen LogP contribution in [0.25, 0.3) is 61.9 Å². The molecule has 8 rings (SSSR count). The van der Waals surface area contributed by atoms with E-state index in [9.17, 15) is 0 Å². The maximum Gasteiger partial charge on any atom is 0.0366 e. The van der Waals surface area contributed by atoms with Crippen LogP contribution in [0.4, 0.5) is 0 Å². The van der Waals surface area contributed by atoms with Gasteiger partial charge in [0.25, 0.3) is 0 Å². The van der Waals surface area contributed by atoms with Gasteiger partial charge in [-0.25, -0.2) is 0 Å². The van der Waals surface area contributed by atoms with Gasteiger partial charge in [-0.3, -0.25) is 0 Å². The summed E-state index contributed by atoms with van der Waals surface area (Å²) in [6.07, 6.45) is 0. The SMILES string of the molecule is Brc1ccc2c(c1)sc1cc3ccccc3cc12.Cc1ccc2c(c1)sc1cc3ccccc3cc12. The summed E-state index contributed by atoms with van der Waals surface area (Å²) >= 11 is 7.29. The number of thiophene rings is 2. The van der Waals surface area contributed by atoms with E-state index in [-0.39, 0.29) is 0 Å². The molecule has 0 saturated carbocycles. The minimum absolute atomic E-state index is 1.14. The summed E-state index contributed by atoms with van der Waals surface area (Å²) in [6.45, 7) is 2.15. The third-order valence-corrected chi connectivity index (χ3v) is 9.52. The first-order valence-corrected chi connectivity index (χ1v) is 14.4. The second-order valence-corrected chi connectivity index (χ2v) is 12.3. The molecule has 0 nitrogen and oxygen atoms in total. The zero-order valence-electron chi connectivity index (χ0n) is 19.6. The summed E-state index contributed by atoms with van der Waals surface area (Å²) in [4.78, 5) is 0. The van der Waals surface area contributed by atoms with Gasteiger partial charge in [0, 0.05) is 44.8 Å². The van der Waals surface area contributed by atoms with Gasteiger partial charge in [-0.05, 0) is 76.5 Å². The van der Waals surface area contributed by atoms with E-state index in [0.29, 0.717) is 0 Å². The Bertz CT molecular complexity index is 1930. The molecule has 0 saturated heterocycles. The number of benzene rings is 6. The topological polar surface area (TPSA) is 0 Å². The summed E-state index contributed by atoms with van der Waals surface area (Å²) in [5.74, 6) is 0. The molecule has 6 aromatic carbocycles. The fraction of sp³-hybridized carbons (Fsp3) is 0.0303.